The summed E-state index contributed by atoms with van der Waals surface area (Å²) in [5.41, 5.74) is 2.52. The fourth-order valence-corrected chi connectivity index (χ4v) is 1.52. The van der Waals surface area contributed by atoms with Crippen molar-refractivity contribution in [2.75, 3.05) is 6.54 Å². The fraction of sp³-hybridized carbons (Fsp3) is 0.533. The number of aryl methyl sites for hydroxylation is 1. The van der Waals surface area contributed by atoms with Gasteiger partial charge < -0.3 is 10.6 Å². The number of hydrogen-bond donors (Lipinski definition) is 2. The van der Waals surface area contributed by atoms with Gasteiger partial charge in [-0.2, -0.15) is 0 Å². The zero-order chi connectivity index (χ0) is 13.4. The van der Waals surface area contributed by atoms with Gasteiger partial charge in [-0.15, -0.1) is 24.0 Å². The van der Waals surface area contributed by atoms with E-state index in [1.807, 2.05) is 0 Å². The number of rotatable bonds is 5. The second-order valence-electron chi connectivity index (χ2n) is 4.63. The molecule has 1 rings (SSSR count). The summed E-state index contributed by atoms with van der Waals surface area (Å²) >= 11 is 0. The van der Waals surface area contributed by atoms with E-state index in [1.54, 1.807) is 0 Å². The van der Waals surface area contributed by atoms with Crippen molar-refractivity contribution in [2.45, 2.75) is 46.7 Å². The van der Waals surface area contributed by atoms with Crippen LogP contribution in [-0.4, -0.2) is 18.5 Å². The molecule has 4 heteroatoms. The Morgan fingerprint density at radius 1 is 1.21 bits per heavy atom. The molecule has 3 nitrogen and oxygen atoms in total. The molecule has 0 fully saturated rings. The van der Waals surface area contributed by atoms with Crippen molar-refractivity contribution in [1.82, 2.24) is 10.6 Å². The van der Waals surface area contributed by atoms with Crippen molar-refractivity contribution in [3.05, 3.63) is 35.4 Å². The second kappa shape index (κ2) is 10.1. The van der Waals surface area contributed by atoms with E-state index >= 15 is 0 Å². The number of guanidine groups is 1. The van der Waals surface area contributed by atoms with E-state index in [1.165, 1.54) is 11.1 Å². The topological polar surface area (TPSA) is 36.4 Å². The summed E-state index contributed by atoms with van der Waals surface area (Å²) in [6.07, 6.45) is 1.09. The zero-order valence-corrected chi connectivity index (χ0v) is 14.7. The van der Waals surface area contributed by atoms with Gasteiger partial charge in [-0.05, 0) is 32.8 Å². The highest BCUT2D eigenvalue weighted by atomic mass is 127. The molecule has 0 radical (unpaired) electrons. The predicted octanol–water partition coefficient (Wildman–Crippen LogP) is 3.47. The molecule has 0 aliphatic rings. The molecule has 1 unspecified atom stereocenters. The van der Waals surface area contributed by atoms with Crippen LogP contribution in [-0.2, 0) is 6.54 Å². The molecule has 0 saturated heterocycles. The lowest BCUT2D eigenvalue weighted by atomic mass is 10.1. The predicted molar refractivity (Wildman–Crippen MR) is 94.3 cm³/mol. The van der Waals surface area contributed by atoms with Gasteiger partial charge in [0.2, 0.25) is 0 Å². The monoisotopic (exact) mass is 375 g/mol. The first-order valence-corrected chi connectivity index (χ1v) is 6.76. The van der Waals surface area contributed by atoms with E-state index in [0.29, 0.717) is 12.6 Å². The van der Waals surface area contributed by atoms with Crippen LogP contribution < -0.4 is 10.6 Å². The highest BCUT2D eigenvalue weighted by molar-refractivity contribution is 14.0. The average Bonchev–Trinajstić information content (AvgIpc) is 2.38. The van der Waals surface area contributed by atoms with Crippen molar-refractivity contribution < 1.29 is 0 Å². The SMILES string of the molecule is CCNC(=NCc1ccc(C)cc1)NC(C)CC.I. The maximum Gasteiger partial charge on any atom is 0.191 e. The van der Waals surface area contributed by atoms with Crippen LogP contribution in [0, 0.1) is 6.92 Å². The van der Waals surface area contributed by atoms with E-state index in [-0.39, 0.29) is 24.0 Å². The number of benzene rings is 1. The van der Waals surface area contributed by atoms with Gasteiger partial charge in [-0.3, -0.25) is 0 Å². The summed E-state index contributed by atoms with van der Waals surface area (Å²) < 4.78 is 0. The van der Waals surface area contributed by atoms with E-state index in [4.69, 9.17) is 0 Å². The Bertz CT molecular complexity index is 373. The molecule has 0 aromatic heterocycles. The fourth-order valence-electron chi connectivity index (χ4n) is 1.52. The number of nitrogens with zero attached hydrogens (tertiary/aromatic N) is 1. The third-order valence-electron chi connectivity index (χ3n) is 2.88. The molecule has 1 aromatic carbocycles. The molecule has 1 aromatic rings. The summed E-state index contributed by atoms with van der Waals surface area (Å²) in [6.45, 7) is 10.1. The lowest BCUT2D eigenvalue weighted by Gasteiger charge is -2.16. The van der Waals surface area contributed by atoms with Gasteiger partial charge in [0.25, 0.3) is 0 Å². The highest BCUT2D eigenvalue weighted by Gasteiger charge is 2.02. The minimum Gasteiger partial charge on any atom is -0.357 e. The average molecular weight is 375 g/mol. The molecule has 108 valence electrons. The van der Waals surface area contributed by atoms with Crippen LogP contribution >= 0.6 is 24.0 Å². The molecule has 19 heavy (non-hydrogen) atoms. The number of hydrogen-bond acceptors (Lipinski definition) is 1. The first kappa shape index (κ1) is 18.2. The number of nitrogens with one attached hydrogen (secondary N) is 2. The van der Waals surface area contributed by atoms with Crippen molar-refractivity contribution in [3.63, 3.8) is 0 Å². The zero-order valence-electron chi connectivity index (χ0n) is 12.4. The maximum absolute atomic E-state index is 4.60. The highest BCUT2D eigenvalue weighted by Crippen LogP contribution is 2.04. The quantitative estimate of drug-likeness (QED) is 0.470. The van der Waals surface area contributed by atoms with Crippen LogP contribution in [0.15, 0.2) is 29.3 Å². The second-order valence-corrected chi connectivity index (χ2v) is 4.63. The smallest absolute Gasteiger partial charge is 0.191 e. The van der Waals surface area contributed by atoms with Crippen LogP contribution in [0.1, 0.15) is 38.3 Å². The Kier molecular flexibility index (Phi) is 9.65. The third kappa shape index (κ3) is 7.40. The molecule has 0 saturated carbocycles. The lowest BCUT2D eigenvalue weighted by molar-refractivity contribution is 0.624. The summed E-state index contributed by atoms with van der Waals surface area (Å²) in [5, 5.41) is 6.66. The van der Waals surface area contributed by atoms with Gasteiger partial charge in [-0.1, -0.05) is 36.8 Å². The molecule has 0 spiro atoms. The van der Waals surface area contributed by atoms with Gasteiger partial charge in [0.1, 0.15) is 0 Å². The van der Waals surface area contributed by atoms with Crippen molar-refractivity contribution in [2.24, 2.45) is 4.99 Å². The molecule has 0 heterocycles. The van der Waals surface area contributed by atoms with Crippen molar-refractivity contribution in [1.29, 1.82) is 0 Å². The van der Waals surface area contributed by atoms with Gasteiger partial charge in [0.05, 0.1) is 6.54 Å². The van der Waals surface area contributed by atoms with E-state index in [9.17, 15) is 0 Å². The van der Waals surface area contributed by atoms with Crippen LogP contribution in [0.3, 0.4) is 0 Å². The minimum absolute atomic E-state index is 0. The molecule has 0 bridgehead atoms. The Morgan fingerprint density at radius 3 is 2.37 bits per heavy atom. The number of halogens is 1. The van der Waals surface area contributed by atoms with Crippen LogP contribution in [0.5, 0.6) is 0 Å². The maximum atomic E-state index is 4.60. The summed E-state index contributed by atoms with van der Waals surface area (Å²) in [5.74, 6) is 0.896. The summed E-state index contributed by atoms with van der Waals surface area (Å²) in [6, 6.07) is 8.96. The van der Waals surface area contributed by atoms with Crippen LogP contribution in [0.2, 0.25) is 0 Å². The Hall–Kier alpha value is -0.780. The van der Waals surface area contributed by atoms with E-state index < -0.39 is 0 Å². The third-order valence-corrected chi connectivity index (χ3v) is 2.88. The van der Waals surface area contributed by atoms with Crippen LogP contribution in [0.4, 0.5) is 0 Å². The van der Waals surface area contributed by atoms with E-state index in [0.717, 1.165) is 18.9 Å². The Balaban J connectivity index is 0.00000324. The largest absolute Gasteiger partial charge is 0.357 e. The molecular formula is C15H26IN3. The summed E-state index contributed by atoms with van der Waals surface area (Å²) in [7, 11) is 0. The van der Waals surface area contributed by atoms with Crippen molar-refractivity contribution in [3.8, 4) is 0 Å². The Morgan fingerprint density at radius 2 is 1.84 bits per heavy atom. The molecule has 0 amide bonds. The van der Waals surface area contributed by atoms with Crippen molar-refractivity contribution >= 4 is 29.9 Å². The normalized spacial score (nSPS) is 12.5. The standard InChI is InChI=1S/C15H25N3.HI/c1-5-13(4)18-15(16-6-2)17-11-14-9-7-12(3)8-10-14;/h7-10,13H,5-6,11H2,1-4H3,(H2,16,17,18);1H. The molecule has 0 aliphatic heterocycles. The first-order chi connectivity index (χ1) is 8.65. The summed E-state index contributed by atoms with van der Waals surface area (Å²) in [4.78, 5) is 4.60. The molecule has 0 aliphatic carbocycles. The lowest BCUT2D eigenvalue weighted by Crippen LogP contribution is -2.41. The Labute approximate surface area is 134 Å². The molecule has 2 N–H and O–H groups in total. The van der Waals surface area contributed by atoms with Gasteiger partial charge in [-0.25, -0.2) is 4.99 Å². The van der Waals surface area contributed by atoms with E-state index in [2.05, 4.69) is 67.6 Å². The van der Waals surface area contributed by atoms with Crippen LogP contribution in [0.25, 0.3) is 0 Å². The van der Waals surface area contributed by atoms with Gasteiger partial charge in [0.15, 0.2) is 5.96 Å². The molecular weight excluding hydrogens is 349 g/mol. The first-order valence-electron chi connectivity index (χ1n) is 6.76. The minimum atomic E-state index is 0. The van der Waals surface area contributed by atoms with Gasteiger partial charge in [0, 0.05) is 12.6 Å². The molecule has 1 atom stereocenters. The van der Waals surface area contributed by atoms with Gasteiger partial charge >= 0.3 is 0 Å². The number of aliphatic imine (C=N–C) groups is 1.